The van der Waals surface area contributed by atoms with Crippen molar-refractivity contribution in [1.82, 2.24) is 14.8 Å². The van der Waals surface area contributed by atoms with Crippen LogP contribution < -0.4 is 0 Å². The molecule has 0 spiro atoms. The zero-order chi connectivity index (χ0) is 12.6. The summed E-state index contributed by atoms with van der Waals surface area (Å²) < 4.78 is 0. The zero-order valence-electron chi connectivity index (χ0n) is 11.0. The predicted octanol–water partition coefficient (Wildman–Crippen LogP) is 1.42. The summed E-state index contributed by atoms with van der Waals surface area (Å²) >= 11 is 1.65. The molecule has 17 heavy (non-hydrogen) atoms. The van der Waals surface area contributed by atoms with Crippen molar-refractivity contribution in [2.45, 2.75) is 26.0 Å². The van der Waals surface area contributed by atoms with Crippen LogP contribution in [0.25, 0.3) is 0 Å². The minimum Gasteiger partial charge on any atom is -0.388 e. The summed E-state index contributed by atoms with van der Waals surface area (Å²) in [6.07, 6.45) is -0.409. The number of rotatable bonds is 2. The molecule has 4 nitrogen and oxygen atoms in total. The van der Waals surface area contributed by atoms with E-state index in [4.69, 9.17) is 0 Å². The third-order valence-electron chi connectivity index (χ3n) is 3.36. The topological polar surface area (TPSA) is 39.6 Å². The van der Waals surface area contributed by atoms with E-state index >= 15 is 0 Å². The van der Waals surface area contributed by atoms with Crippen molar-refractivity contribution in [1.29, 1.82) is 0 Å². The van der Waals surface area contributed by atoms with Gasteiger partial charge in [0.2, 0.25) is 0 Å². The van der Waals surface area contributed by atoms with Crippen LogP contribution in [0.1, 0.15) is 34.6 Å². The maximum atomic E-state index is 9.68. The number of piperazine rings is 1. The van der Waals surface area contributed by atoms with Gasteiger partial charge < -0.3 is 10.0 Å². The molecule has 1 aliphatic rings. The van der Waals surface area contributed by atoms with E-state index < -0.39 is 6.10 Å². The second-order valence-corrected chi connectivity index (χ2v) is 6.00. The fraction of sp³-hybridized carbons (Fsp3) is 0.750. The highest BCUT2D eigenvalue weighted by molar-refractivity contribution is 7.11. The van der Waals surface area contributed by atoms with Crippen LogP contribution >= 0.6 is 11.3 Å². The molecule has 2 rings (SSSR count). The average molecular weight is 255 g/mol. The van der Waals surface area contributed by atoms with E-state index in [9.17, 15) is 5.11 Å². The van der Waals surface area contributed by atoms with E-state index in [2.05, 4.69) is 28.9 Å². The van der Waals surface area contributed by atoms with Crippen molar-refractivity contribution in [2.24, 2.45) is 0 Å². The van der Waals surface area contributed by atoms with Gasteiger partial charge in [-0.2, -0.15) is 0 Å². The van der Waals surface area contributed by atoms with Gasteiger partial charge in [-0.25, -0.2) is 4.98 Å². The summed E-state index contributed by atoms with van der Waals surface area (Å²) in [7, 11) is 4.30. The molecule has 1 aromatic rings. The Hall–Kier alpha value is -0.490. The molecule has 0 aliphatic carbocycles. The summed E-state index contributed by atoms with van der Waals surface area (Å²) in [5.74, 6) is 0. The number of hydrogen-bond acceptors (Lipinski definition) is 5. The number of likely N-dealkylation sites (N-methyl/N-ethyl adjacent to an activating group) is 2. The fourth-order valence-electron chi connectivity index (χ4n) is 2.24. The van der Waals surface area contributed by atoms with E-state index in [0.29, 0.717) is 6.04 Å². The molecule has 0 amide bonds. The van der Waals surface area contributed by atoms with Gasteiger partial charge in [-0.15, -0.1) is 11.3 Å². The minimum absolute atomic E-state index is 0.366. The Kier molecular flexibility index (Phi) is 3.82. The van der Waals surface area contributed by atoms with Crippen molar-refractivity contribution >= 4 is 11.3 Å². The molecule has 0 aromatic carbocycles. The Morgan fingerprint density at radius 3 is 2.71 bits per heavy atom. The normalized spacial score (nSPS) is 25.1. The monoisotopic (exact) mass is 255 g/mol. The molecule has 1 aromatic heterocycles. The number of aliphatic hydroxyl groups excluding tert-OH is 1. The molecule has 0 bridgehead atoms. The van der Waals surface area contributed by atoms with E-state index in [1.807, 2.05) is 6.92 Å². The number of thiazole rings is 1. The van der Waals surface area contributed by atoms with Crippen LogP contribution in [0.3, 0.4) is 0 Å². The van der Waals surface area contributed by atoms with Gasteiger partial charge in [-0.3, -0.25) is 4.90 Å². The third-order valence-corrected chi connectivity index (χ3v) is 4.79. The van der Waals surface area contributed by atoms with Gasteiger partial charge in [0.05, 0.1) is 22.7 Å². The highest BCUT2D eigenvalue weighted by Gasteiger charge is 2.27. The average Bonchev–Trinajstić information content (AvgIpc) is 2.64. The maximum Gasteiger partial charge on any atom is 0.112 e. The lowest BCUT2D eigenvalue weighted by atomic mass is 10.2. The summed E-state index contributed by atoms with van der Waals surface area (Å²) in [4.78, 5) is 10.3. The van der Waals surface area contributed by atoms with E-state index in [1.54, 1.807) is 18.3 Å². The largest absolute Gasteiger partial charge is 0.388 e. The lowest BCUT2D eigenvalue weighted by Gasteiger charge is -2.36. The molecule has 96 valence electrons. The zero-order valence-corrected chi connectivity index (χ0v) is 11.8. The molecule has 2 heterocycles. The van der Waals surface area contributed by atoms with E-state index in [-0.39, 0.29) is 0 Å². The second-order valence-electron chi connectivity index (χ2n) is 4.94. The summed E-state index contributed by atoms with van der Waals surface area (Å²) in [5.41, 5.74) is 0.974. The SMILES string of the molecule is Cc1nc(C2CN(C)CCN2C)sc1C(C)O. The molecule has 1 fully saturated rings. The highest BCUT2D eigenvalue weighted by Crippen LogP contribution is 2.32. The molecular formula is C12H21N3OS. The van der Waals surface area contributed by atoms with Gasteiger partial charge in [-0.1, -0.05) is 0 Å². The lowest BCUT2D eigenvalue weighted by molar-refractivity contribution is 0.115. The number of aryl methyl sites for hydroxylation is 1. The van der Waals surface area contributed by atoms with Crippen LogP contribution in [0, 0.1) is 6.92 Å². The number of nitrogens with zero attached hydrogens (tertiary/aromatic N) is 3. The van der Waals surface area contributed by atoms with Crippen molar-refractivity contribution < 1.29 is 5.11 Å². The summed E-state index contributed by atoms with van der Waals surface area (Å²) in [5, 5.41) is 10.8. The highest BCUT2D eigenvalue weighted by atomic mass is 32.1. The predicted molar refractivity (Wildman–Crippen MR) is 70.4 cm³/mol. The van der Waals surface area contributed by atoms with Crippen LogP contribution in [0.4, 0.5) is 0 Å². The maximum absolute atomic E-state index is 9.68. The van der Waals surface area contributed by atoms with Crippen LogP contribution in [0.5, 0.6) is 0 Å². The summed E-state index contributed by atoms with van der Waals surface area (Å²) in [6, 6.07) is 0.366. The molecule has 1 N–H and O–H groups in total. The van der Waals surface area contributed by atoms with E-state index in [1.165, 1.54) is 0 Å². The van der Waals surface area contributed by atoms with Crippen LogP contribution in [0.15, 0.2) is 0 Å². The van der Waals surface area contributed by atoms with Gasteiger partial charge in [0.1, 0.15) is 5.01 Å². The van der Waals surface area contributed by atoms with Crippen molar-refractivity contribution in [3.8, 4) is 0 Å². The minimum atomic E-state index is -0.409. The van der Waals surface area contributed by atoms with Crippen molar-refractivity contribution in [2.75, 3.05) is 33.7 Å². The fourth-order valence-corrected chi connectivity index (χ4v) is 3.40. The Balaban J connectivity index is 2.23. The molecule has 1 aliphatic heterocycles. The van der Waals surface area contributed by atoms with Crippen LogP contribution in [0.2, 0.25) is 0 Å². The quantitative estimate of drug-likeness (QED) is 0.867. The first kappa shape index (κ1) is 13.0. The Labute approximate surface area is 107 Å². The van der Waals surface area contributed by atoms with Crippen molar-refractivity contribution in [3.05, 3.63) is 15.6 Å². The molecule has 2 atom stereocenters. The van der Waals surface area contributed by atoms with Gasteiger partial charge in [0, 0.05) is 19.6 Å². The first-order valence-electron chi connectivity index (χ1n) is 6.03. The molecule has 5 heteroatoms. The van der Waals surface area contributed by atoms with Crippen molar-refractivity contribution in [3.63, 3.8) is 0 Å². The molecule has 0 saturated carbocycles. The molecular weight excluding hydrogens is 234 g/mol. The standard InChI is InChI=1S/C12H21N3OS/c1-8-11(9(2)16)17-12(13-8)10-7-14(3)5-6-15(10)4/h9-10,16H,5-7H2,1-4H3. The van der Waals surface area contributed by atoms with Gasteiger partial charge >= 0.3 is 0 Å². The molecule has 2 unspecified atom stereocenters. The van der Waals surface area contributed by atoms with Gasteiger partial charge in [0.15, 0.2) is 0 Å². The first-order chi connectivity index (χ1) is 7.99. The number of aliphatic hydroxyl groups is 1. The lowest BCUT2D eigenvalue weighted by Crippen LogP contribution is -2.44. The number of hydrogen-bond donors (Lipinski definition) is 1. The Morgan fingerprint density at radius 1 is 1.41 bits per heavy atom. The second kappa shape index (κ2) is 5.02. The van der Waals surface area contributed by atoms with Gasteiger partial charge in [-0.05, 0) is 27.9 Å². The Bertz CT molecular complexity index is 391. The van der Waals surface area contributed by atoms with Crippen LogP contribution in [-0.4, -0.2) is 53.6 Å². The molecule has 0 radical (unpaired) electrons. The smallest absolute Gasteiger partial charge is 0.112 e. The van der Waals surface area contributed by atoms with Gasteiger partial charge in [0.25, 0.3) is 0 Å². The van der Waals surface area contributed by atoms with E-state index in [0.717, 1.165) is 35.2 Å². The molecule has 1 saturated heterocycles. The van der Waals surface area contributed by atoms with Crippen LogP contribution in [-0.2, 0) is 0 Å². The third kappa shape index (κ3) is 2.68. The summed E-state index contributed by atoms with van der Waals surface area (Å²) in [6.45, 7) is 6.99. The Morgan fingerprint density at radius 2 is 2.12 bits per heavy atom. The first-order valence-corrected chi connectivity index (χ1v) is 6.84. The number of aromatic nitrogens is 1.